The summed E-state index contributed by atoms with van der Waals surface area (Å²) < 4.78 is 0. The van der Waals surface area contributed by atoms with E-state index in [1.165, 1.54) is 49.7 Å². The highest BCUT2D eigenvalue weighted by Gasteiger charge is 2.42. The lowest BCUT2D eigenvalue weighted by Crippen LogP contribution is -2.42. The van der Waals surface area contributed by atoms with Gasteiger partial charge in [-0.25, -0.2) is 0 Å². The van der Waals surface area contributed by atoms with Crippen molar-refractivity contribution in [2.24, 2.45) is 4.99 Å². The topological polar surface area (TPSA) is 38.1 Å². The van der Waals surface area contributed by atoms with E-state index < -0.39 is 0 Å². The first-order valence-corrected chi connectivity index (χ1v) is 15.8. The van der Waals surface area contributed by atoms with Crippen LogP contribution in [0.4, 0.5) is 0 Å². The number of aliphatic imine (C=N–C) groups is 1. The number of aromatic nitrogens is 2. The predicted octanol–water partition coefficient (Wildman–Crippen LogP) is 10.1. The highest BCUT2D eigenvalue weighted by Crippen LogP contribution is 2.47. The third-order valence-electron chi connectivity index (χ3n) is 9.99. The van der Waals surface area contributed by atoms with Crippen LogP contribution in [0.2, 0.25) is 0 Å². The molecule has 2 aliphatic rings. The van der Waals surface area contributed by atoms with E-state index in [0.717, 1.165) is 40.4 Å². The fraction of sp³-hybridized carbons (Fsp3) is 0.119. The quantitative estimate of drug-likeness (QED) is 0.155. The van der Waals surface area contributed by atoms with Crippen molar-refractivity contribution in [3.05, 3.63) is 156 Å². The summed E-state index contributed by atoms with van der Waals surface area (Å²) in [4.78, 5) is 14.7. The SMILES string of the molecule is CC12CC=CCC1N=C(c1ccc(-c3ccc(-c4cc5cccnc5c5ncccc45)cc3)cc1)c1ccc3ccccc3c12. The van der Waals surface area contributed by atoms with Crippen LogP contribution in [0.5, 0.6) is 0 Å². The molecule has 7 aromatic rings. The fourth-order valence-corrected chi connectivity index (χ4v) is 7.63. The number of rotatable bonds is 3. The summed E-state index contributed by atoms with van der Waals surface area (Å²) in [5.41, 5.74) is 11.6. The molecule has 2 atom stereocenters. The molecule has 0 radical (unpaired) electrons. The third kappa shape index (κ3) is 4.08. The Morgan fingerprint density at radius 3 is 2.07 bits per heavy atom. The van der Waals surface area contributed by atoms with E-state index in [4.69, 9.17) is 4.99 Å². The van der Waals surface area contributed by atoms with Gasteiger partial charge in [0, 0.05) is 39.7 Å². The molecule has 45 heavy (non-hydrogen) atoms. The molecule has 0 spiro atoms. The van der Waals surface area contributed by atoms with E-state index in [0.29, 0.717) is 0 Å². The van der Waals surface area contributed by atoms with Gasteiger partial charge >= 0.3 is 0 Å². The first-order valence-electron chi connectivity index (χ1n) is 15.8. The molecule has 2 unspecified atom stereocenters. The Kier molecular flexibility index (Phi) is 5.82. The van der Waals surface area contributed by atoms with Crippen LogP contribution in [0, 0.1) is 0 Å². The molecule has 1 aliphatic carbocycles. The van der Waals surface area contributed by atoms with Gasteiger partial charge in [0.2, 0.25) is 0 Å². The van der Waals surface area contributed by atoms with Gasteiger partial charge in [0.15, 0.2) is 0 Å². The summed E-state index contributed by atoms with van der Waals surface area (Å²) in [6.07, 6.45) is 10.3. The molecule has 0 amide bonds. The molecular formula is C42H31N3. The Balaban J connectivity index is 1.09. The largest absolute Gasteiger partial charge is 0.280 e. The molecule has 0 bridgehead atoms. The van der Waals surface area contributed by atoms with Crippen LogP contribution in [-0.4, -0.2) is 21.7 Å². The zero-order valence-electron chi connectivity index (χ0n) is 25.1. The summed E-state index contributed by atoms with van der Waals surface area (Å²) >= 11 is 0. The molecule has 0 saturated carbocycles. The van der Waals surface area contributed by atoms with Gasteiger partial charge in [0.1, 0.15) is 0 Å². The number of hydrogen-bond acceptors (Lipinski definition) is 3. The third-order valence-corrected chi connectivity index (χ3v) is 9.99. The van der Waals surface area contributed by atoms with Gasteiger partial charge < -0.3 is 0 Å². The number of nitrogens with zero attached hydrogens (tertiary/aromatic N) is 3. The molecule has 2 aromatic heterocycles. The van der Waals surface area contributed by atoms with E-state index in [1.54, 1.807) is 0 Å². The molecule has 1 aliphatic heterocycles. The molecule has 0 saturated heterocycles. The number of pyridine rings is 2. The van der Waals surface area contributed by atoms with Crippen molar-refractivity contribution in [3.8, 4) is 22.3 Å². The van der Waals surface area contributed by atoms with Gasteiger partial charge in [-0.15, -0.1) is 0 Å². The van der Waals surface area contributed by atoms with Gasteiger partial charge in [0.25, 0.3) is 0 Å². The van der Waals surface area contributed by atoms with Crippen molar-refractivity contribution in [1.29, 1.82) is 0 Å². The van der Waals surface area contributed by atoms with Gasteiger partial charge in [-0.05, 0) is 69.6 Å². The second-order valence-electron chi connectivity index (χ2n) is 12.6. The molecule has 3 heterocycles. The average molecular weight is 578 g/mol. The molecule has 214 valence electrons. The first kappa shape index (κ1) is 26.0. The van der Waals surface area contributed by atoms with Gasteiger partial charge in [-0.2, -0.15) is 0 Å². The number of allylic oxidation sites excluding steroid dienone is 1. The molecule has 9 rings (SSSR count). The van der Waals surface area contributed by atoms with Crippen molar-refractivity contribution in [2.75, 3.05) is 0 Å². The van der Waals surface area contributed by atoms with Crippen molar-refractivity contribution in [1.82, 2.24) is 9.97 Å². The Bertz CT molecular complexity index is 2330. The fourth-order valence-electron chi connectivity index (χ4n) is 7.63. The van der Waals surface area contributed by atoms with Crippen molar-refractivity contribution in [3.63, 3.8) is 0 Å². The minimum Gasteiger partial charge on any atom is -0.280 e. The number of hydrogen-bond donors (Lipinski definition) is 0. The maximum Gasteiger partial charge on any atom is 0.0970 e. The highest BCUT2D eigenvalue weighted by atomic mass is 14.9. The summed E-state index contributed by atoms with van der Waals surface area (Å²) in [5.74, 6) is 0. The molecule has 3 heteroatoms. The lowest BCUT2D eigenvalue weighted by atomic mass is 9.65. The standard InChI is InChI=1S/C42H31N3/c1-42-23-5-4-12-37(42)45-39(35-22-21-29-8-2-3-10-33(29)38(35)42)31-19-15-28(16-20-31)27-13-17-30(18-14-27)36-26-32-9-6-24-43-40(32)41-34(36)11-7-25-44-41/h2-11,13-22,24-26,37H,12,23H2,1H3. The van der Waals surface area contributed by atoms with Crippen LogP contribution >= 0.6 is 0 Å². The van der Waals surface area contributed by atoms with Crippen LogP contribution < -0.4 is 0 Å². The van der Waals surface area contributed by atoms with Crippen LogP contribution in [0.15, 0.2) is 145 Å². The zero-order chi connectivity index (χ0) is 30.0. The Labute approximate surface area is 262 Å². The van der Waals surface area contributed by atoms with Gasteiger partial charge in [-0.1, -0.05) is 116 Å². The van der Waals surface area contributed by atoms with Gasteiger partial charge in [-0.3, -0.25) is 15.0 Å². The first-order chi connectivity index (χ1) is 22.2. The van der Waals surface area contributed by atoms with Crippen LogP contribution in [0.3, 0.4) is 0 Å². The Hall–Kier alpha value is -5.41. The van der Waals surface area contributed by atoms with Crippen LogP contribution in [-0.2, 0) is 5.41 Å². The second kappa shape index (κ2) is 10.1. The van der Waals surface area contributed by atoms with Crippen LogP contribution in [0.25, 0.3) is 54.8 Å². The van der Waals surface area contributed by atoms with E-state index in [2.05, 4.69) is 132 Å². The number of fused-ring (bicyclic) bond motifs is 8. The Morgan fingerprint density at radius 2 is 1.24 bits per heavy atom. The minimum atomic E-state index is -0.000918. The predicted molar refractivity (Wildman–Crippen MR) is 187 cm³/mol. The monoisotopic (exact) mass is 577 g/mol. The normalized spacial score (nSPS) is 19.0. The number of benzene rings is 5. The molecular weight excluding hydrogens is 546 g/mol. The summed E-state index contributed by atoms with van der Waals surface area (Å²) in [7, 11) is 0. The summed E-state index contributed by atoms with van der Waals surface area (Å²) in [6, 6.07) is 41.9. The van der Waals surface area contributed by atoms with Gasteiger partial charge in [0.05, 0.1) is 22.8 Å². The maximum atomic E-state index is 5.44. The van der Waals surface area contributed by atoms with E-state index in [1.807, 2.05) is 24.5 Å². The smallest absolute Gasteiger partial charge is 0.0970 e. The van der Waals surface area contributed by atoms with E-state index in [9.17, 15) is 0 Å². The molecule has 0 fully saturated rings. The van der Waals surface area contributed by atoms with E-state index >= 15 is 0 Å². The molecule has 3 nitrogen and oxygen atoms in total. The zero-order valence-corrected chi connectivity index (χ0v) is 25.1. The van der Waals surface area contributed by atoms with Crippen molar-refractivity contribution >= 4 is 38.3 Å². The summed E-state index contributed by atoms with van der Waals surface area (Å²) in [6.45, 7) is 2.41. The molecule has 5 aromatic carbocycles. The van der Waals surface area contributed by atoms with E-state index in [-0.39, 0.29) is 11.5 Å². The van der Waals surface area contributed by atoms with Crippen molar-refractivity contribution in [2.45, 2.75) is 31.2 Å². The van der Waals surface area contributed by atoms with Crippen LogP contribution in [0.1, 0.15) is 36.5 Å². The highest BCUT2D eigenvalue weighted by molar-refractivity contribution is 6.17. The lowest BCUT2D eigenvalue weighted by molar-refractivity contribution is 0.364. The minimum absolute atomic E-state index is 0.000918. The average Bonchev–Trinajstić information content (AvgIpc) is 3.11. The Morgan fingerprint density at radius 1 is 0.578 bits per heavy atom. The lowest BCUT2D eigenvalue weighted by Gasteiger charge is -2.43. The second-order valence-corrected chi connectivity index (χ2v) is 12.6. The summed E-state index contributed by atoms with van der Waals surface area (Å²) in [5, 5.41) is 4.87. The van der Waals surface area contributed by atoms with Crippen molar-refractivity contribution < 1.29 is 0 Å². The molecule has 0 N–H and O–H groups in total. The maximum absolute atomic E-state index is 5.44.